The van der Waals surface area contributed by atoms with Crippen molar-refractivity contribution >= 4 is 21.9 Å². The van der Waals surface area contributed by atoms with Gasteiger partial charge < -0.3 is 14.4 Å². The van der Waals surface area contributed by atoms with E-state index in [1.54, 1.807) is 25.2 Å². The first-order valence-corrected chi connectivity index (χ1v) is 12.9. The Morgan fingerprint density at radius 1 is 1.16 bits per heavy atom. The molecule has 0 bridgehead atoms. The monoisotopic (exact) mass is 541 g/mol. The van der Waals surface area contributed by atoms with Gasteiger partial charge in [-0.25, -0.2) is 27.0 Å². The lowest BCUT2D eigenvalue weighted by Gasteiger charge is -2.18. The SMILES string of the molecule is CN(CCc1ccccc1F)C(=O)c1cccc(S(=O)(=O)NCc2cn(Cc3occc3C(=O)O)nn2)c1. The third kappa shape index (κ3) is 6.30. The van der Waals surface area contributed by atoms with Gasteiger partial charge in [0.25, 0.3) is 5.91 Å². The van der Waals surface area contributed by atoms with Gasteiger partial charge in [-0.05, 0) is 42.3 Å². The molecule has 0 aliphatic rings. The van der Waals surface area contributed by atoms with Gasteiger partial charge in [-0.1, -0.05) is 29.5 Å². The number of aromatic carboxylic acids is 1. The number of nitrogens with one attached hydrogen (secondary N) is 1. The highest BCUT2D eigenvalue weighted by Gasteiger charge is 2.19. The second-order valence-corrected chi connectivity index (χ2v) is 10.2. The minimum Gasteiger partial charge on any atom is -0.478 e. The first-order valence-electron chi connectivity index (χ1n) is 11.4. The number of carbonyl (C=O) groups excluding carboxylic acids is 1. The Bertz CT molecular complexity index is 1570. The summed E-state index contributed by atoms with van der Waals surface area (Å²) in [5.74, 6) is -1.72. The van der Waals surface area contributed by atoms with Gasteiger partial charge in [-0.15, -0.1) is 5.10 Å². The van der Waals surface area contributed by atoms with E-state index in [-0.39, 0.29) is 52.9 Å². The number of aromatic nitrogens is 3. The Labute approximate surface area is 217 Å². The Morgan fingerprint density at radius 3 is 2.71 bits per heavy atom. The molecule has 0 fully saturated rings. The van der Waals surface area contributed by atoms with Crippen LogP contribution in [0.2, 0.25) is 0 Å². The van der Waals surface area contributed by atoms with Crippen molar-refractivity contribution in [1.82, 2.24) is 24.6 Å². The first kappa shape index (κ1) is 26.7. The lowest BCUT2D eigenvalue weighted by molar-refractivity contribution is 0.0693. The quantitative estimate of drug-likeness (QED) is 0.294. The van der Waals surface area contributed by atoms with Crippen LogP contribution < -0.4 is 4.72 Å². The first-order chi connectivity index (χ1) is 18.1. The van der Waals surface area contributed by atoms with E-state index in [0.717, 1.165) is 0 Å². The number of benzene rings is 2. The van der Waals surface area contributed by atoms with Crippen molar-refractivity contribution in [3.8, 4) is 0 Å². The van der Waals surface area contributed by atoms with Crippen molar-refractivity contribution in [2.75, 3.05) is 13.6 Å². The molecular formula is C25H24FN5O6S. The molecule has 4 rings (SSSR count). The van der Waals surface area contributed by atoms with Crippen LogP contribution >= 0.6 is 0 Å². The van der Waals surface area contributed by atoms with Gasteiger partial charge in [0.2, 0.25) is 10.0 Å². The summed E-state index contributed by atoms with van der Waals surface area (Å²) in [6.07, 6.45) is 3.03. The maximum absolute atomic E-state index is 13.9. The summed E-state index contributed by atoms with van der Waals surface area (Å²) >= 11 is 0. The Hall–Kier alpha value is -4.36. The largest absolute Gasteiger partial charge is 0.478 e. The molecule has 0 unspecified atom stereocenters. The second kappa shape index (κ2) is 11.4. The van der Waals surface area contributed by atoms with Crippen molar-refractivity contribution in [1.29, 1.82) is 0 Å². The number of carbonyl (C=O) groups is 2. The number of carboxylic acids is 1. The van der Waals surface area contributed by atoms with Crippen LogP contribution in [0.3, 0.4) is 0 Å². The summed E-state index contributed by atoms with van der Waals surface area (Å²) in [5.41, 5.74) is 0.936. The number of nitrogens with zero attached hydrogens (tertiary/aromatic N) is 4. The van der Waals surface area contributed by atoms with Crippen molar-refractivity contribution in [2.45, 2.75) is 24.4 Å². The Kier molecular flexibility index (Phi) is 7.98. The zero-order valence-corrected chi connectivity index (χ0v) is 21.1. The number of halogens is 1. The summed E-state index contributed by atoms with van der Waals surface area (Å²) in [6, 6.07) is 13.2. The molecule has 0 aliphatic carbocycles. The molecular weight excluding hydrogens is 517 g/mol. The number of amides is 1. The number of hydrogen-bond acceptors (Lipinski definition) is 7. The minimum atomic E-state index is -4.00. The van der Waals surface area contributed by atoms with E-state index in [1.165, 1.54) is 58.4 Å². The predicted octanol–water partition coefficient (Wildman–Crippen LogP) is 2.55. The molecule has 198 valence electrons. The molecule has 0 atom stereocenters. The van der Waals surface area contributed by atoms with Crippen molar-refractivity contribution < 1.29 is 31.9 Å². The molecule has 0 saturated carbocycles. The number of rotatable bonds is 11. The summed E-state index contributed by atoms with van der Waals surface area (Å²) in [6.45, 7) is 0.0621. The summed E-state index contributed by atoms with van der Waals surface area (Å²) in [5, 5.41) is 16.9. The highest BCUT2D eigenvalue weighted by atomic mass is 32.2. The number of furan rings is 1. The minimum absolute atomic E-state index is 0.00295. The maximum Gasteiger partial charge on any atom is 0.339 e. The lowest BCUT2D eigenvalue weighted by atomic mass is 10.1. The molecule has 2 aromatic carbocycles. The fraction of sp³-hybridized carbons (Fsp3) is 0.200. The van der Waals surface area contributed by atoms with Crippen LogP contribution in [0.4, 0.5) is 4.39 Å². The van der Waals surface area contributed by atoms with E-state index < -0.39 is 21.9 Å². The van der Waals surface area contributed by atoms with E-state index >= 15 is 0 Å². The van der Waals surface area contributed by atoms with Crippen molar-refractivity contribution in [3.63, 3.8) is 0 Å². The molecule has 2 heterocycles. The van der Waals surface area contributed by atoms with Crippen LogP contribution in [0, 0.1) is 5.82 Å². The topological polar surface area (TPSA) is 148 Å². The number of hydrogen-bond donors (Lipinski definition) is 2. The predicted molar refractivity (Wildman–Crippen MR) is 132 cm³/mol. The third-order valence-corrected chi connectivity index (χ3v) is 7.12. The Balaban J connectivity index is 1.37. The fourth-order valence-corrected chi connectivity index (χ4v) is 4.70. The van der Waals surface area contributed by atoms with Crippen LogP contribution in [-0.2, 0) is 29.5 Å². The van der Waals surface area contributed by atoms with Gasteiger partial charge >= 0.3 is 5.97 Å². The smallest absolute Gasteiger partial charge is 0.339 e. The molecule has 4 aromatic rings. The van der Waals surface area contributed by atoms with Crippen LogP contribution in [0.15, 0.2) is 76.4 Å². The molecule has 2 aromatic heterocycles. The molecule has 0 aliphatic heterocycles. The van der Waals surface area contributed by atoms with Crippen LogP contribution in [0.5, 0.6) is 0 Å². The zero-order chi connectivity index (χ0) is 27.3. The highest BCUT2D eigenvalue weighted by molar-refractivity contribution is 7.89. The number of carboxylic acid groups (broad SMARTS) is 1. The van der Waals surface area contributed by atoms with Crippen LogP contribution in [-0.4, -0.2) is 58.9 Å². The van der Waals surface area contributed by atoms with Gasteiger partial charge in [-0.2, -0.15) is 0 Å². The average Bonchev–Trinajstić information content (AvgIpc) is 3.56. The molecule has 38 heavy (non-hydrogen) atoms. The molecule has 0 spiro atoms. The molecule has 2 N–H and O–H groups in total. The van der Waals surface area contributed by atoms with Crippen molar-refractivity contribution in [2.24, 2.45) is 0 Å². The molecule has 13 heteroatoms. The van der Waals surface area contributed by atoms with Gasteiger partial charge in [-0.3, -0.25) is 4.79 Å². The molecule has 0 saturated heterocycles. The molecule has 0 radical (unpaired) electrons. The van der Waals surface area contributed by atoms with Crippen molar-refractivity contribution in [3.05, 3.63) is 101 Å². The van der Waals surface area contributed by atoms with Gasteiger partial charge in [0.05, 0.1) is 29.6 Å². The third-order valence-electron chi connectivity index (χ3n) is 5.72. The highest BCUT2D eigenvalue weighted by Crippen LogP contribution is 2.15. The standard InChI is InChI=1S/C25H24FN5O6S/c1-30(11-9-17-5-2-3-8-22(17)26)24(32)18-6-4-7-20(13-18)38(35,36)27-14-19-15-31(29-28-19)16-23-21(25(33)34)10-12-37-23/h2-8,10,12-13,15,27H,9,11,14,16H2,1H3,(H,33,34). The lowest BCUT2D eigenvalue weighted by Crippen LogP contribution is -2.29. The maximum atomic E-state index is 13.9. The summed E-state index contributed by atoms with van der Waals surface area (Å²) in [4.78, 5) is 25.4. The Morgan fingerprint density at radius 2 is 1.95 bits per heavy atom. The normalized spacial score (nSPS) is 11.4. The van der Waals surface area contributed by atoms with E-state index in [9.17, 15) is 22.4 Å². The van der Waals surface area contributed by atoms with E-state index in [4.69, 9.17) is 9.52 Å². The van der Waals surface area contributed by atoms with E-state index in [1.807, 2.05) is 0 Å². The second-order valence-electron chi connectivity index (χ2n) is 8.39. The van der Waals surface area contributed by atoms with Gasteiger partial charge in [0.15, 0.2) is 0 Å². The number of sulfonamides is 1. The summed E-state index contributed by atoms with van der Waals surface area (Å²) < 4.78 is 48.5. The van der Waals surface area contributed by atoms with Crippen LogP contribution in [0.25, 0.3) is 0 Å². The van der Waals surface area contributed by atoms with Crippen LogP contribution in [0.1, 0.15) is 37.7 Å². The summed E-state index contributed by atoms with van der Waals surface area (Å²) in [7, 11) is -2.44. The van der Waals surface area contributed by atoms with E-state index in [0.29, 0.717) is 12.0 Å². The molecule has 11 nitrogen and oxygen atoms in total. The van der Waals surface area contributed by atoms with Gasteiger partial charge in [0.1, 0.15) is 23.7 Å². The van der Waals surface area contributed by atoms with E-state index in [2.05, 4.69) is 15.0 Å². The fourth-order valence-electron chi connectivity index (χ4n) is 3.66. The zero-order valence-electron chi connectivity index (χ0n) is 20.2. The number of likely N-dealkylation sites (N-methyl/N-ethyl adjacent to an activating group) is 1. The molecule has 1 amide bonds. The average molecular weight is 542 g/mol. The van der Waals surface area contributed by atoms with Gasteiger partial charge in [0, 0.05) is 19.2 Å².